The molecule has 1 heterocycles. The van der Waals surface area contributed by atoms with Crippen LogP contribution in [0, 0.1) is 0 Å². The fraction of sp³-hybridized carbons (Fsp3) is 0.0833. The molecule has 0 radical (unpaired) electrons. The smallest absolute Gasteiger partial charge is 0.270 e. The summed E-state index contributed by atoms with van der Waals surface area (Å²) in [6.45, 7) is 0.180. The Morgan fingerprint density at radius 1 is 1.35 bits per heavy atom. The molecule has 0 fully saturated rings. The van der Waals surface area contributed by atoms with Crippen LogP contribution < -0.4 is 11.1 Å². The zero-order chi connectivity index (χ0) is 12.3. The second-order valence-electron chi connectivity index (χ2n) is 3.53. The van der Waals surface area contributed by atoms with Gasteiger partial charge in [0.2, 0.25) is 0 Å². The van der Waals surface area contributed by atoms with Gasteiger partial charge in [0.15, 0.2) is 0 Å². The summed E-state index contributed by atoms with van der Waals surface area (Å²) in [6.07, 6.45) is 1.61. The number of fused-ring (bicyclic) bond motifs is 1. The fourth-order valence-electron chi connectivity index (χ4n) is 1.55. The van der Waals surface area contributed by atoms with Gasteiger partial charge in [-0.25, -0.2) is 0 Å². The quantitative estimate of drug-likeness (QED) is 0.799. The first-order chi connectivity index (χ1) is 8.18. The molecule has 0 aliphatic carbocycles. The number of nitrogens with one attached hydrogen (secondary N) is 1. The molecule has 0 bridgehead atoms. The lowest BCUT2D eigenvalue weighted by molar-refractivity contribution is 0.0956. The van der Waals surface area contributed by atoms with Crippen molar-refractivity contribution in [3.8, 4) is 0 Å². The van der Waals surface area contributed by atoms with E-state index in [1.54, 1.807) is 6.20 Å². The van der Waals surface area contributed by atoms with E-state index in [2.05, 4.69) is 10.3 Å². The molecule has 17 heavy (non-hydrogen) atoms. The lowest BCUT2D eigenvalue weighted by Crippen LogP contribution is -2.32. The molecule has 0 unspecified atom stereocenters. The fourth-order valence-corrected chi connectivity index (χ4v) is 1.62. The van der Waals surface area contributed by atoms with Crippen molar-refractivity contribution in [1.29, 1.82) is 0 Å². The summed E-state index contributed by atoms with van der Waals surface area (Å²) in [5.41, 5.74) is 5.72. The van der Waals surface area contributed by atoms with Crippen molar-refractivity contribution in [2.24, 2.45) is 5.73 Å². The summed E-state index contributed by atoms with van der Waals surface area (Å²) in [5.74, 6) is -0.269. The van der Waals surface area contributed by atoms with Gasteiger partial charge in [-0.3, -0.25) is 9.78 Å². The highest BCUT2D eigenvalue weighted by molar-refractivity contribution is 7.80. The molecule has 0 atom stereocenters. The minimum absolute atomic E-state index is 0.180. The number of aromatic nitrogens is 1. The maximum absolute atomic E-state index is 11.9. The highest BCUT2D eigenvalue weighted by Gasteiger charge is 2.10. The number of hydrogen-bond donors (Lipinski definition) is 2. The van der Waals surface area contributed by atoms with Gasteiger partial charge in [0, 0.05) is 11.6 Å². The Morgan fingerprint density at radius 2 is 2.12 bits per heavy atom. The van der Waals surface area contributed by atoms with Crippen molar-refractivity contribution in [2.75, 3.05) is 6.54 Å². The normalized spacial score (nSPS) is 10.1. The van der Waals surface area contributed by atoms with Crippen molar-refractivity contribution in [2.45, 2.75) is 0 Å². The summed E-state index contributed by atoms with van der Waals surface area (Å²) in [4.78, 5) is 16.2. The number of thiocarbonyl (C=S) groups is 1. The van der Waals surface area contributed by atoms with E-state index in [9.17, 15) is 4.79 Å². The highest BCUT2D eigenvalue weighted by atomic mass is 32.1. The van der Waals surface area contributed by atoms with E-state index in [0.29, 0.717) is 5.69 Å². The Hall–Kier alpha value is -2.01. The predicted molar refractivity (Wildman–Crippen MR) is 70.9 cm³/mol. The van der Waals surface area contributed by atoms with Crippen LogP contribution in [0.5, 0.6) is 0 Å². The Bertz CT molecular complexity index is 577. The average molecular weight is 245 g/mol. The van der Waals surface area contributed by atoms with Crippen LogP contribution in [0.2, 0.25) is 0 Å². The summed E-state index contributed by atoms with van der Waals surface area (Å²) in [5, 5.41) is 4.41. The van der Waals surface area contributed by atoms with Crippen LogP contribution in [0.1, 0.15) is 10.5 Å². The third-order valence-corrected chi connectivity index (χ3v) is 2.46. The van der Waals surface area contributed by atoms with Crippen LogP contribution in [0.25, 0.3) is 10.8 Å². The number of nitrogens with zero attached hydrogens (tertiary/aromatic N) is 1. The van der Waals surface area contributed by atoms with Crippen LogP contribution in [0.15, 0.2) is 36.5 Å². The van der Waals surface area contributed by atoms with Gasteiger partial charge < -0.3 is 11.1 Å². The number of carbonyl (C=O) groups is 1. The van der Waals surface area contributed by atoms with Gasteiger partial charge in [0.25, 0.3) is 5.91 Å². The zero-order valence-corrected chi connectivity index (χ0v) is 9.83. The van der Waals surface area contributed by atoms with Gasteiger partial charge in [0.1, 0.15) is 5.69 Å². The molecule has 86 valence electrons. The van der Waals surface area contributed by atoms with Crippen LogP contribution in [0.4, 0.5) is 0 Å². The first-order valence-corrected chi connectivity index (χ1v) is 5.49. The molecule has 0 saturated carbocycles. The Morgan fingerprint density at radius 3 is 2.88 bits per heavy atom. The Labute approximate surface area is 104 Å². The van der Waals surface area contributed by atoms with Crippen LogP contribution in [-0.4, -0.2) is 22.4 Å². The van der Waals surface area contributed by atoms with Crippen molar-refractivity contribution >= 4 is 33.9 Å². The maximum Gasteiger partial charge on any atom is 0.270 e. The molecule has 0 aliphatic heterocycles. The Balaban J connectivity index is 2.35. The molecule has 2 aromatic rings. The van der Waals surface area contributed by atoms with E-state index in [-0.39, 0.29) is 17.4 Å². The molecule has 2 rings (SSSR count). The number of rotatable bonds is 3. The first kappa shape index (κ1) is 11.5. The minimum Gasteiger partial charge on any atom is -0.392 e. The van der Waals surface area contributed by atoms with Gasteiger partial charge in [-0.05, 0) is 11.5 Å². The minimum atomic E-state index is -0.269. The third kappa shape index (κ3) is 2.57. The van der Waals surface area contributed by atoms with Gasteiger partial charge in [0.05, 0.1) is 11.5 Å². The van der Waals surface area contributed by atoms with E-state index < -0.39 is 0 Å². The lowest BCUT2D eigenvalue weighted by atomic mass is 10.1. The summed E-state index contributed by atoms with van der Waals surface area (Å²) >= 11 is 4.70. The number of pyridine rings is 1. The summed E-state index contributed by atoms with van der Waals surface area (Å²) in [6, 6.07) is 9.44. The van der Waals surface area contributed by atoms with E-state index in [1.165, 1.54) is 0 Å². The number of benzene rings is 1. The van der Waals surface area contributed by atoms with E-state index in [4.69, 9.17) is 18.0 Å². The first-order valence-electron chi connectivity index (χ1n) is 5.09. The molecule has 0 saturated heterocycles. The highest BCUT2D eigenvalue weighted by Crippen LogP contribution is 2.15. The molecule has 0 aliphatic rings. The SMILES string of the molecule is NC(=S)CNC(=O)c1nccc2ccccc12. The van der Waals surface area contributed by atoms with E-state index >= 15 is 0 Å². The third-order valence-electron chi connectivity index (χ3n) is 2.31. The summed E-state index contributed by atoms with van der Waals surface area (Å²) < 4.78 is 0. The maximum atomic E-state index is 11.9. The van der Waals surface area contributed by atoms with E-state index in [0.717, 1.165) is 10.8 Å². The number of hydrogen-bond acceptors (Lipinski definition) is 3. The van der Waals surface area contributed by atoms with Crippen LogP contribution in [0.3, 0.4) is 0 Å². The Kier molecular flexibility index (Phi) is 3.30. The second-order valence-corrected chi connectivity index (χ2v) is 4.05. The van der Waals surface area contributed by atoms with Gasteiger partial charge in [-0.1, -0.05) is 36.5 Å². The molecule has 1 aromatic heterocycles. The van der Waals surface area contributed by atoms with Gasteiger partial charge >= 0.3 is 0 Å². The largest absolute Gasteiger partial charge is 0.392 e. The topological polar surface area (TPSA) is 68.0 Å². The zero-order valence-electron chi connectivity index (χ0n) is 9.01. The standard InChI is InChI=1S/C12H11N3OS/c13-10(17)7-15-12(16)11-9-4-2-1-3-8(9)5-6-14-11/h1-6H,7H2,(H2,13,17)(H,15,16). The average Bonchev–Trinajstić information content (AvgIpc) is 2.35. The van der Waals surface area contributed by atoms with Crippen molar-refractivity contribution in [3.63, 3.8) is 0 Å². The monoisotopic (exact) mass is 245 g/mol. The molecular weight excluding hydrogens is 234 g/mol. The predicted octanol–water partition coefficient (Wildman–Crippen LogP) is 1.25. The van der Waals surface area contributed by atoms with Crippen molar-refractivity contribution in [1.82, 2.24) is 10.3 Å². The van der Waals surface area contributed by atoms with Crippen LogP contribution in [-0.2, 0) is 0 Å². The molecule has 0 spiro atoms. The number of carbonyl (C=O) groups excluding carboxylic acids is 1. The van der Waals surface area contributed by atoms with Gasteiger partial charge in [-0.2, -0.15) is 0 Å². The second kappa shape index (κ2) is 4.88. The molecule has 1 amide bonds. The van der Waals surface area contributed by atoms with Crippen LogP contribution >= 0.6 is 12.2 Å². The number of amides is 1. The lowest BCUT2D eigenvalue weighted by Gasteiger charge is -2.06. The molecule has 3 N–H and O–H groups in total. The number of nitrogens with two attached hydrogens (primary N) is 1. The molecular formula is C12H11N3OS. The van der Waals surface area contributed by atoms with E-state index in [1.807, 2.05) is 30.3 Å². The molecule has 5 heteroatoms. The van der Waals surface area contributed by atoms with Crippen molar-refractivity contribution in [3.05, 3.63) is 42.2 Å². The van der Waals surface area contributed by atoms with Gasteiger partial charge in [-0.15, -0.1) is 0 Å². The van der Waals surface area contributed by atoms with Crippen molar-refractivity contribution < 1.29 is 4.79 Å². The molecule has 4 nitrogen and oxygen atoms in total. The summed E-state index contributed by atoms with van der Waals surface area (Å²) in [7, 11) is 0. The molecule has 1 aromatic carbocycles.